The second kappa shape index (κ2) is 6.74. The normalized spacial score (nSPS) is 18.0. The SMILES string of the molecule is COc1ccc(-c2nc(CNC[C@@H]3CCCO3)co2)cc1. The molecule has 0 spiro atoms. The van der Waals surface area contributed by atoms with Gasteiger partial charge in [-0.2, -0.15) is 0 Å². The average molecular weight is 288 g/mol. The molecule has 0 aliphatic carbocycles. The molecule has 1 N–H and O–H groups in total. The van der Waals surface area contributed by atoms with E-state index >= 15 is 0 Å². The molecule has 1 saturated heterocycles. The van der Waals surface area contributed by atoms with Crippen molar-refractivity contribution in [1.29, 1.82) is 0 Å². The van der Waals surface area contributed by atoms with Crippen LogP contribution in [0.4, 0.5) is 0 Å². The Balaban J connectivity index is 1.54. The van der Waals surface area contributed by atoms with Crippen LogP contribution < -0.4 is 10.1 Å². The van der Waals surface area contributed by atoms with Crippen LogP contribution in [0.5, 0.6) is 5.75 Å². The lowest BCUT2D eigenvalue weighted by Gasteiger charge is -2.08. The lowest BCUT2D eigenvalue weighted by atomic mass is 10.2. The van der Waals surface area contributed by atoms with Crippen molar-refractivity contribution in [1.82, 2.24) is 10.3 Å². The van der Waals surface area contributed by atoms with Gasteiger partial charge in [-0.3, -0.25) is 0 Å². The van der Waals surface area contributed by atoms with Crippen LogP contribution in [-0.4, -0.2) is 31.3 Å². The molecule has 0 radical (unpaired) electrons. The van der Waals surface area contributed by atoms with Gasteiger partial charge in [0.25, 0.3) is 0 Å². The molecule has 1 aliphatic rings. The number of hydrogen-bond donors (Lipinski definition) is 1. The van der Waals surface area contributed by atoms with Crippen molar-refractivity contribution in [2.75, 3.05) is 20.3 Å². The monoisotopic (exact) mass is 288 g/mol. The molecule has 3 rings (SSSR count). The van der Waals surface area contributed by atoms with Crippen LogP contribution in [0.15, 0.2) is 34.9 Å². The second-order valence-corrected chi connectivity index (χ2v) is 5.14. The number of rotatable bonds is 6. The number of nitrogens with zero attached hydrogens (tertiary/aromatic N) is 1. The summed E-state index contributed by atoms with van der Waals surface area (Å²) in [5.41, 5.74) is 1.85. The smallest absolute Gasteiger partial charge is 0.226 e. The molecule has 1 aromatic heterocycles. The quantitative estimate of drug-likeness (QED) is 0.885. The molecule has 0 bridgehead atoms. The number of nitrogens with one attached hydrogen (secondary N) is 1. The van der Waals surface area contributed by atoms with Crippen LogP contribution in [0.1, 0.15) is 18.5 Å². The molecule has 2 heterocycles. The molecule has 5 nitrogen and oxygen atoms in total. The van der Waals surface area contributed by atoms with Crippen molar-refractivity contribution in [3.63, 3.8) is 0 Å². The summed E-state index contributed by atoms with van der Waals surface area (Å²) >= 11 is 0. The minimum Gasteiger partial charge on any atom is -0.497 e. The Morgan fingerprint density at radius 3 is 2.90 bits per heavy atom. The zero-order valence-electron chi connectivity index (χ0n) is 12.2. The zero-order valence-corrected chi connectivity index (χ0v) is 12.2. The molecule has 1 aromatic carbocycles. The van der Waals surface area contributed by atoms with Crippen LogP contribution in [0, 0.1) is 0 Å². The number of methoxy groups -OCH3 is 1. The van der Waals surface area contributed by atoms with E-state index in [9.17, 15) is 0 Å². The molecule has 1 atom stereocenters. The summed E-state index contributed by atoms with van der Waals surface area (Å²) in [5, 5.41) is 3.36. The maximum absolute atomic E-state index is 5.57. The molecule has 112 valence electrons. The first-order valence-electron chi connectivity index (χ1n) is 7.26. The maximum Gasteiger partial charge on any atom is 0.226 e. The minimum absolute atomic E-state index is 0.345. The molecule has 1 fully saturated rings. The standard InChI is InChI=1S/C16H20N2O3/c1-19-14-6-4-12(5-7-14)16-18-13(11-21-16)9-17-10-15-3-2-8-20-15/h4-7,11,15,17H,2-3,8-10H2,1H3/t15-/m0/s1. The number of ether oxygens (including phenoxy) is 2. The van der Waals surface area contributed by atoms with Crippen LogP contribution >= 0.6 is 0 Å². The summed E-state index contributed by atoms with van der Waals surface area (Å²) in [6.45, 7) is 2.45. The van der Waals surface area contributed by atoms with Gasteiger partial charge in [0.1, 0.15) is 12.0 Å². The van der Waals surface area contributed by atoms with Gasteiger partial charge in [-0.1, -0.05) is 0 Å². The molecule has 5 heteroatoms. The fourth-order valence-corrected chi connectivity index (χ4v) is 2.42. The van der Waals surface area contributed by atoms with Crippen molar-refractivity contribution in [3.05, 3.63) is 36.2 Å². The molecule has 1 aliphatic heterocycles. The summed E-state index contributed by atoms with van der Waals surface area (Å²) in [6.07, 6.45) is 4.35. The Bertz CT molecular complexity index is 559. The topological polar surface area (TPSA) is 56.5 Å². The molecule has 0 amide bonds. The van der Waals surface area contributed by atoms with Gasteiger partial charge in [-0.25, -0.2) is 4.98 Å². The van der Waals surface area contributed by atoms with Crippen molar-refractivity contribution in [2.45, 2.75) is 25.5 Å². The van der Waals surface area contributed by atoms with Crippen molar-refractivity contribution in [2.24, 2.45) is 0 Å². The summed E-state index contributed by atoms with van der Waals surface area (Å²) in [5.74, 6) is 1.45. The predicted molar refractivity (Wildman–Crippen MR) is 79.2 cm³/mol. The highest BCUT2D eigenvalue weighted by atomic mass is 16.5. The van der Waals surface area contributed by atoms with Crippen LogP contribution in [-0.2, 0) is 11.3 Å². The van der Waals surface area contributed by atoms with E-state index in [4.69, 9.17) is 13.9 Å². The molecule has 21 heavy (non-hydrogen) atoms. The Labute approximate surface area is 124 Å². The summed E-state index contributed by atoms with van der Waals surface area (Å²) in [6, 6.07) is 7.67. The second-order valence-electron chi connectivity index (χ2n) is 5.14. The number of oxazole rings is 1. The number of benzene rings is 1. The third-order valence-electron chi connectivity index (χ3n) is 3.59. The number of hydrogen-bond acceptors (Lipinski definition) is 5. The molecular weight excluding hydrogens is 268 g/mol. The zero-order chi connectivity index (χ0) is 14.5. The highest BCUT2D eigenvalue weighted by Crippen LogP contribution is 2.21. The third-order valence-corrected chi connectivity index (χ3v) is 3.59. The first-order chi connectivity index (χ1) is 10.3. The summed E-state index contributed by atoms with van der Waals surface area (Å²) in [7, 11) is 1.65. The fourth-order valence-electron chi connectivity index (χ4n) is 2.42. The van der Waals surface area contributed by atoms with E-state index < -0.39 is 0 Å². The lowest BCUT2D eigenvalue weighted by Crippen LogP contribution is -2.25. The van der Waals surface area contributed by atoms with E-state index in [0.29, 0.717) is 18.5 Å². The largest absolute Gasteiger partial charge is 0.497 e. The minimum atomic E-state index is 0.345. The molecule has 0 unspecified atom stereocenters. The van der Waals surface area contributed by atoms with E-state index in [1.54, 1.807) is 13.4 Å². The van der Waals surface area contributed by atoms with Crippen LogP contribution in [0.3, 0.4) is 0 Å². The average Bonchev–Trinajstić information content (AvgIpc) is 3.19. The van der Waals surface area contributed by atoms with Gasteiger partial charge in [0.05, 0.1) is 18.9 Å². The molecular formula is C16H20N2O3. The van der Waals surface area contributed by atoms with Gasteiger partial charge in [0, 0.05) is 25.3 Å². The Kier molecular flexibility index (Phi) is 4.52. The van der Waals surface area contributed by atoms with Gasteiger partial charge in [0.2, 0.25) is 5.89 Å². The first kappa shape index (κ1) is 14.1. The third kappa shape index (κ3) is 3.62. The predicted octanol–water partition coefficient (Wildman–Crippen LogP) is 2.62. The van der Waals surface area contributed by atoms with Crippen LogP contribution in [0.25, 0.3) is 11.5 Å². The highest BCUT2D eigenvalue weighted by Gasteiger charge is 2.15. The van der Waals surface area contributed by atoms with Gasteiger partial charge in [-0.15, -0.1) is 0 Å². The summed E-state index contributed by atoms with van der Waals surface area (Å²) < 4.78 is 16.2. The first-order valence-corrected chi connectivity index (χ1v) is 7.26. The Morgan fingerprint density at radius 2 is 2.19 bits per heavy atom. The molecule has 0 saturated carbocycles. The van der Waals surface area contributed by atoms with E-state index in [1.165, 1.54) is 0 Å². The summed E-state index contributed by atoms with van der Waals surface area (Å²) in [4.78, 5) is 4.49. The van der Waals surface area contributed by atoms with Crippen LogP contribution in [0.2, 0.25) is 0 Å². The maximum atomic E-state index is 5.57. The van der Waals surface area contributed by atoms with E-state index in [-0.39, 0.29) is 0 Å². The highest BCUT2D eigenvalue weighted by molar-refractivity contribution is 5.54. The van der Waals surface area contributed by atoms with E-state index in [0.717, 1.165) is 43.0 Å². The fraction of sp³-hybridized carbons (Fsp3) is 0.438. The van der Waals surface area contributed by atoms with Gasteiger partial charge < -0.3 is 19.2 Å². The van der Waals surface area contributed by atoms with Crippen molar-refractivity contribution >= 4 is 0 Å². The van der Waals surface area contributed by atoms with Gasteiger partial charge in [-0.05, 0) is 37.1 Å². The van der Waals surface area contributed by atoms with Gasteiger partial charge >= 0.3 is 0 Å². The lowest BCUT2D eigenvalue weighted by molar-refractivity contribution is 0.110. The number of aromatic nitrogens is 1. The van der Waals surface area contributed by atoms with Crippen molar-refractivity contribution < 1.29 is 13.9 Å². The van der Waals surface area contributed by atoms with E-state index in [1.807, 2.05) is 24.3 Å². The Hall–Kier alpha value is -1.85. The molecule has 2 aromatic rings. The van der Waals surface area contributed by atoms with E-state index in [2.05, 4.69) is 10.3 Å². The Morgan fingerprint density at radius 1 is 1.33 bits per heavy atom. The van der Waals surface area contributed by atoms with Crippen molar-refractivity contribution in [3.8, 4) is 17.2 Å². The van der Waals surface area contributed by atoms with Gasteiger partial charge in [0.15, 0.2) is 0 Å².